The standard InChI is InChI=1S/C17H19N5O2/c1-12-18-17(20-23-12)14-8-5-9-22(10-14)11-15-19-16(21-24-15)13-6-3-2-4-7-13/h2-4,6-7,14H,5,8-11H2,1H3/t14-/m0/s1. The first-order valence-corrected chi connectivity index (χ1v) is 8.18. The van der Waals surface area contributed by atoms with Crippen molar-refractivity contribution in [3.63, 3.8) is 0 Å². The minimum Gasteiger partial charge on any atom is -0.340 e. The highest BCUT2D eigenvalue weighted by atomic mass is 16.5. The Morgan fingerprint density at radius 2 is 2.00 bits per heavy atom. The number of hydrogen-bond donors (Lipinski definition) is 0. The highest BCUT2D eigenvalue weighted by molar-refractivity contribution is 5.53. The predicted molar refractivity (Wildman–Crippen MR) is 86.0 cm³/mol. The Morgan fingerprint density at radius 3 is 2.79 bits per heavy atom. The lowest BCUT2D eigenvalue weighted by Gasteiger charge is -2.29. The van der Waals surface area contributed by atoms with Gasteiger partial charge in [-0.05, 0) is 19.4 Å². The van der Waals surface area contributed by atoms with Gasteiger partial charge in [-0.25, -0.2) is 0 Å². The molecule has 3 aromatic rings. The molecule has 24 heavy (non-hydrogen) atoms. The molecular formula is C17H19N5O2. The smallest absolute Gasteiger partial charge is 0.241 e. The number of hydrogen-bond acceptors (Lipinski definition) is 7. The molecule has 1 atom stereocenters. The zero-order valence-corrected chi connectivity index (χ0v) is 13.6. The molecule has 4 rings (SSSR count). The molecule has 0 bridgehead atoms. The molecule has 1 aromatic carbocycles. The molecule has 2 aromatic heterocycles. The number of benzene rings is 1. The van der Waals surface area contributed by atoms with E-state index in [1.54, 1.807) is 0 Å². The maximum absolute atomic E-state index is 5.41. The van der Waals surface area contributed by atoms with E-state index in [9.17, 15) is 0 Å². The lowest BCUT2D eigenvalue weighted by atomic mass is 9.97. The van der Waals surface area contributed by atoms with Crippen LogP contribution in [-0.4, -0.2) is 38.3 Å². The second-order valence-electron chi connectivity index (χ2n) is 6.12. The van der Waals surface area contributed by atoms with Crippen LogP contribution in [0.4, 0.5) is 0 Å². The quantitative estimate of drug-likeness (QED) is 0.729. The molecule has 0 unspecified atom stereocenters. The van der Waals surface area contributed by atoms with Crippen molar-refractivity contribution in [1.29, 1.82) is 0 Å². The van der Waals surface area contributed by atoms with Gasteiger partial charge in [0, 0.05) is 24.9 Å². The van der Waals surface area contributed by atoms with Crippen molar-refractivity contribution in [2.24, 2.45) is 0 Å². The van der Waals surface area contributed by atoms with Crippen LogP contribution < -0.4 is 0 Å². The number of likely N-dealkylation sites (tertiary alicyclic amines) is 1. The lowest BCUT2D eigenvalue weighted by molar-refractivity contribution is 0.173. The Kier molecular flexibility index (Phi) is 4.08. The first-order valence-electron chi connectivity index (χ1n) is 8.18. The molecule has 1 fully saturated rings. The van der Waals surface area contributed by atoms with Gasteiger partial charge in [0.25, 0.3) is 0 Å². The van der Waals surface area contributed by atoms with Crippen LogP contribution in [-0.2, 0) is 6.54 Å². The summed E-state index contributed by atoms with van der Waals surface area (Å²) in [5.41, 5.74) is 0.964. The molecule has 1 saturated heterocycles. The Bertz CT molecular complexity index is 798. The molecule has 0 spiro atoms. The fourth-order valence-electron chi connectivity index (χ4n) is 3.11. The molecule has 1 aliphatic rings. The van der Waals surface area contributed by atoms with Gasteiger partial charge in [-0.1, -0.05) is 40.6 Å². The van der Waals surface area contributed by atoms with E-state index in [0.717, 1.165) is 37.3 Å². The number of rotatable bonds is 4. The summed E-state index contributed by atoms with van der Waals surface area (Å²) in [7, 11) is 0. The average Bonchev–Trinajstić information content (AvgIpc) is 3.25. The molecule has 0 radical (unpaired) electrons. The van der Waals surface area contributed by atoms with E-state index < -0.39 is 0 Å². The summed E-state index contributed by atoms with van der Waals surface area (Å²) in [4.78, 5) is 11.2. The van der Waals surface area contributed by atoms with Crippen molar-refractivity contribution in [1.82, 2.24) is 25.2 Å². The zero-order chi connectivity index (χ0) is 16.4. The summed E-state index contributed by atoms with van der Waals surface area (Å²) in [6.45, 7) is 4.35. The van der Waals surface area contributed by atoms with Crippen molar-refractivity contribution in [3.05, 3.63) is 47.9 Å². The Hall–Kier alpha value is -2.54. The highest BCUT2D eigenvalue weighted by Crippen LogP contribution is 2.26. The van der Waals surface area contributed by atoms with Gasteiger partial charge in [-0.3, -0.25) is 4.90 Å². The Labute approximate surface area is 139 Å². The normalized spacial score (nSPS) is 18.8. The van der Waals surface area contributed by atoms with E-state index in [4.69, 9.17) is 9.05 Å². The summed E-state index contributed by atoms with van der Waals surface area (Å²) in [6.07, 6.45) is 2.17. The number of aromatic nitrogens is 4. The SMILES string of the molecule is Cc1nc([C@H]2CCCN(Cc3nc(-c4ccccc4)no3)C2)no1. The topological polar surface area (TPSA) is 81.1 Å². The van der Waals surface area contributed by atoms with E-state index in [1.807, 2.05) is 37.3 Å². The van der Waals surface area contributed by atoms with E-state index >= 15 is 0 Å². The molecule has 0 N–H and O–H groups in total. The molecule has 0 aliphatic carbocycles. The van der Waals surface area contributed by atoms with Gasteiger partial charge in [0.2, 0.25) is 17.6 Å². The summed E-state index contributed by atoms with van der Waals surface area (Å²) in [5, 5.41) is 8.14. The van der Waals surface area contributed by atoms with Gasteiger partial charge in [0.05, 0.1) is 6.54 Å². The van der Waals surface area contributed by atoms with Crippen molar-refractivity contribution in [2.45, 2.75) is 32.2 Å². The molecule has 7 heteroatoms. The van der Waals surface area contributed by atoms with Crippen LogP contribution in [0.1, 0.15) is 36.4 Å². The molecule has 1 aliphatic heterocycles. The number of aryl methyl sites for hydroxylation is 1. The maximum atomic E-state index is 5.41. The van der Waals surface area contributed by atoms with Gasteiger partial charge < -0.3 is 9.05 Å². The third-order valence-electron chi connectivity index (χ3n) is 4.27. The van der Waals surface area contributed by atoms with Crippen molar-refractivity contribution in [2.75, 3.05) is 13.1 Å². The van der Waals surface area contributed by atoms with Crippen LogP contribution in [0.2, 0.25) is 0 Å². The van der Waals surface area contributed by atoms with Crippen molar-refractivity contribution in [3.8, 4) is 11.4 Å². The summed E-state index contributed by atoms with van der Waals surface area (Å²) in [6, 6.07) is 9.85. The number of piperidine rings is 1. The van der Waals surface area contributed by atoms with Crippen LogP contribution in [0.5, 0.6) is 0 Å². The molecule has 3 heterocycles. The van der Waals surface area contributed by atoms with E-state index in [2.05, 4.69) is 25.2 Å². The van der Waals surface area contributed by atoms with Crippen LogP contribution in [0, 0.1) is 6.92 Å². The van der Waals surface area contributed by atoms with Crippen LogP contribution in [0.3, 0.4) is 0 Å². The Morgan fingerprint density at radius 1 is 1.12 bits per heavy atom. The molecule has 124 valence electrons. The molecule has 0 amide bonds. The first-order chi connectivity index (χ1) is 11.8. The third kappa shape index (κ3) is 3.21. The zero-order valence-electron chi connectivity index (χ0n) is 13.6. The summed E-state index contributed by atoms with van der Waals surface area (Å²) < 4.78 is 10.5. The van der Waals surface area contributed by atoms with E-state index in [-0.39, 0.29) is 0 Å². The lowest BCUT2D eigenvalue weighted by Crippen LogP contribution is -2.34. The third-order valence-corrected chi connectivity index (χ3v) is 4.27. The highest BCUT2D eigenvalue weighted by Gasteiger charge is 2.26. The molecular weight excluding hydrogens is 306 g/mol. The Balaban J connectivity index is 1.43. The van der Waals surface area contributed by atoms with Gasteiger partial charge in [0.15, 0.2) is 5.82 Å². The van der Waals surface area contributed by atoms with Gasteiger partial charge >= 0.3 is 0 Å². The number of nitrogens with zero attached hydrogens (tertiary/aromatic N) is 5. The average molecular weight is 325 g/mol. The maximum Gasteiger partial charge on any atom is 0.241 e. The van der Waals surface area contributed by atoms with Crippen LogP contribution >= 0.6 is 0 Å². The van der Waals surface area contributed by atoms with Crippen LogP contribution in [0.25, 0.3) is 11.4 Å². The minimum atomic E-state index is 0.299. The predicted octanol–water partition coefficient (Wildman–Crippen LogP) is 2.81. The second-order valence-corrected chi connectivity index (χ2v) is 6.12. The van der Waals surface area contributed by atoms with Gasteiger partial charge in [-0.2, -0.15) is 9.97 Å². The van der Waals surface area contributed by atoms with Crippen molar-refractivity contribution >= 4 is 0 Å². The minimum absolute atomic E-state index is 0.299. The fraction of sp³-hybridized carbons (Fsp3) is 0.412. The van der Waals surface area contributed by atoms with E-state index in [0.29, 0.717) is 30.1 Å². The van der Waals surface area contributed by atoms with Gasteiger partial charge in [0.1, 0.15) is 0 Å². The van der Waals surface area contributed by atoms with E-state index in [1.165, 1.54) is 0 Å². The molecule has 0 saturated carbocycles. The summed E-state index contributed by atoms with van der Waals surface area (Å²) >= 11 is 0. The first kappa shape index (κ1) is 15.0. The van der Waals surface area contributed by atoms with Gasteiger partial charge in [-0.15, -0.1) is 0 Å². The fourth-order valence-corrected chi connectivity index (χ4v) is 3.11. The largest absolute Gasteiger partial charge is 0.340 e. The van der Waals surface area contributed by atoms with Crippen molar-refractivity contribution < 1.29 is 9.05 Å². The summed E-state index contributed by atoms with van der Waals surface area (Å²) in [5.74, 6) is 2.98. The second kappa shape index (κ2) is 6.52. The monoisotopic (exact) mass is 325 g/mol. The van der Waals surface area contributed by atoms with Crippen LogP contribution in [0.15, 0.2) is 39.4 Å². The molecule has 7 nitrogen and oxygen atoms in total.